The highest BCUT2D eigenvalue weighted by Crippen LogP contribution is 2.59. The van der Waals surface area contributed by atoms with Crippen LogP contribution in [0.4, 0.5) is 0 Å². The van der Waals surface area contributed by atoms with Crippen LogP contribution in [0.3, 0.4) is 0 Å². The molecule has 2 fully saturated rings. The summed E-state index contributed by atoms with van der Waals surface area (Å²) in [5, 5.41) is 0. The van der Waals surface area contributed by atoms with Crippen LogP contribution in [0.2, 0.25) is 18.6 Å². The zero-order valence-electron chi connectivity index (χ0n) is 28.8. The maximum Gasteiger partial charge on any atom is 0.127 e. The van der Waals surface area contributed by atoms with Gasteiger partial charge in [0.25, 0.3) is 0 Å². The normalized spacial score (nSPS) is 25.6. The van der Waals surface area contributed by atoms with E-state index < -0.39 is 8.24 Å². The number of nitrogens with zero attached hydrogens (tertiary/aromatic N) is 1. The predicted molar refractivity (Wildman–Crippen MR) is 187 cm³/mol. The monoisotopic (exact) mass is 595 g/mol. The molecule has 0 radical (unpaired) electrons. The minimum Gasteiger partial charge on any atom is -0.457 e. The molecule has 0 spiro atoms. The molecule has 3 unspecified atom stereocenters. The van der Waals surface area contributed by atoms with Crippen molar-refractivity contribution in [2.24, 2.45) is 11.8 Å². The summed E-state index contributed by atoms with van der Waals surface area (Å²) >= 11 is 0. The second kappa shape index (κ2) is 10.8. The highest BCUT2D eigenvalue weighted by Gasteiger charge is 2.53. The number of rotatable bonds is 5. The summed E-state index contributed by atoms with van der Waals surface area (Å²) in [5.41, 5.74) is 8.39. The fourth-order valence-electron chi connectivity index (χ4n) is 9.72. The van der Waals surface area contributed by atoms with Gasteiger partial charge in [0.05, 0.1) is 0 Å². The quantitative estimate of drug-likeness (QED) is 0.319. The molecular weight excluding hydrogens is 539 g/mol. The van der Waals surface area contributed by atoms with Crippen molar-refractivity contribution in [1.29, 1.82) is 0 Å². The Bertz CT molecular complexity index is 1410. The third kappa shape index (κ3) is 5.52. The number of fused-ring (bicyclic) bond motifs is 4. The molecule has 232 valence electrons. The number of hydrogen-bond acceptors (Lipinski definition) is 2. The molecule has 2 aromatic rings. The van der Waals surface area contributed by atoms with Gasteiger partial charge in [-0.05, 0) is 115 Å². The van der Waals surface area contributed by atoms with E-state index in [1.807, 2.05) is 0 Å². The van der Waals surface area contributed by atoms with Gasteiger partial charge in [0.15, 0.2) is 0 Å². The maximum atomic E-state index is 6.43. The summed E-state index contributed by atoms with van der Waals surface area (Å²) in [6, 6.07) is 16.2. The highest BCUT2D eigenvalue weighted by atomic mass is 28.3. The summed E-state index contributed by atoms with van der Waals surface area (Å²) in [6.45, 7) is 24.6. The number of allylic oxidation sites excluding steroid dienone is 4. The zero-order valence-corrected chi connectivity index (χ0v) is 29.8. The van der Waals surface area contributed by atoms with Gasteiger partial charge in [-0.2, -0.15) is 0 Å². The Hall–Kier alpha value is -2.10. The molecule has 3 heteroatoms. The van der Waals surface area contributed by atoms with Crippen molar-refractivity contribution in [3.63, 3.8) is 0 Å². The molecular formula is C40H57NOSi. The minimum absolute atomic E-state index is 0.0203. The summed E-state index contributed by atoms with van der Waals surface area (Å²) in [5.74, 6) is 3.18. The number of hydrogen-bond donors (Lipinski definition) is 0. The molecule has 0 heterocycles. The molecule has 0 aromatic heterocycles. The number of benzene rings is 2. The van der Waals surface area contributed by atoms with Gasteiger partial charge < -0.3 is 9.30 Å². The number of ether oxygens (including phenoxy) is 1. The van der Waals surface area contributed by atoms with Crippen LogP contribution < -0.4 is 4.74 Å². The lowest BCUT2D eigenvalue weighted by Crippen LogP contribution is -2.64. The molecule has 4 aliphatic rings. The fourth-order valence-corrected chi connectivity index (χ4v) is 15.2. The van der Waals surface area contributed by atoms with Crippen LogP contribution in [0.25, 0.3) is 5.57 Å². The lowest BCUT2D eigenvalue weighted by molar-refractivity contribution is 0.140. The van der Waals surface area contributed by atoms with Gasteiger partial charge in [-0.3, -0.25) is 0 Å². The molecule has 0 saturated heterocycles. The summed E-state index contributed by atoms with van der Waals surface area (Å²) < 4.78 is 9.54. The minimum atomic E-state index is -1.73. The van der Waals surface area contributed by atoms with Gasteiger partial charge in [0.2, 0.25) is 0 Å². The average Bonchev–Trinajstić information content (AvgIpc) is 3.44. The van der Waals surface area contributed by atoms with Crippen molar-refractivity contribution in [3.05, 3.63) is 76.9 Å². The van der Waals surface area contributed by atoms with Gasteiger partial charge in [0, 0.05) is 17.0 Å². The summed E-state index contributed by atoms with van der Waals surface area (Å²) in [7, 11) is -1.73. The van der Waals surface area contributed by atoms with E-state index >= 15 is 0 Å². The average molecular weight is 596 g/mol. The molecule has 2 aromatic carbocycles. The molecule has 3 atom stereocenters. The Morgan fingerprint density at radius 1 is 0.791 bits per heavy atom. The predicted octanol–water partition coefficient (Wildman–Crippen LogP) is 11.4. The van der Waals surface area contributed by atoms with Gasteiger partial charge >= 0.3 is 0 Å². The molecule has 0 N–H and O–H groups in total. The van der Waals surface area contributed by atoms with Crippen molar-refractivity contribution in [2.45, 2.75) is 141 Å². The first-order valence-corrected chi connectivity index (χ1v) is 20.3. The van der Waals surface area contributed by atoms with Gasteiger partial charge in [0.1, 0.15) is 19.7 Å². The molecule has 2 nitrogen and oxygen atoms in total. The van der Waals surface area contributed by atoms with E-state index in [-0.39, 0.29) is 16.4 Å². The topological polar surface area (TPSA) is 12.5 Å². The first-order valence-electron chi connectivity index (χ1n) is 17.3. The molecule has 2 saturated carbocycles. The van der Waals surface area contributed by atoms with Crippen LogP contribution in [0.5, 0.6) is 11.5 Å². The zero-order chi connectivity index (χ0) is 30.9. The highest BCUT2D eigenvalue weighted by molar-refractivity contribution is 6.76. The van der Waals surface area contributed by atoms with E-state index in [9.17, 15) is 0 Å². The third-order valence-corrected chi connectivity index (χ3v) is 16.3. The van der Waals surface area contributed by atoms with E-state index in [0.29, 0.717) is 11.8 Å². The van der Waals surface area contributed by atoms with Crippen LogP contribution in [0, 0.1) is 11.8 Å². The molecule has 0 aliphatic heterocycles. The standard InChI is InChI=1S/C40H57NOSi/c1-38(2,3)28-17-19-30(20-18-28)42-31-21-22-32-34-24-27-16-23-37(33(27)26-36(34)40(7,8)35(32)25-31)43(9,10)41(39(4,5)6)29-14-12-11-13-15-29/h17-22,24-27,29,33,37H,11-16,23H2,1-10H3. The van der Waals surface area contributed by atoms with Crippen LogP contribution >= 0.6 is 0 Å². The van der Waals surface area contributed by atoms with Gasteiger partial charge in [-0.15, -0.1) is 0 Å². The Morgan fingerprint density at radius 2 is 1.44 bits per heavy atom. The van der Waals surface area contributed by atoms with Crippen LogP contribution in [-0.2, 0) is 10.8 Å². The third-order valence-electron chi connectivity index (χ3n) is 11.6. The fraction of sp³-hybridized carbons (Fsp3) is 0.600. The van der Waals surface area contributed by atoms with Crippen molar-refractivity contribution in [1.82, 2.24) is 4.57 Å². The first kappa shape index (κ1) is 30.9. The van der Waals surface area contributed by atoms with Crippen LogP contribution in [-0.4, -0.2) is 24.4 Å². The SMILES string of the molecule is CC(C)(C)c1ccc(Oc2ccc3c(c2)C(C)(C)C2=CC4C(C=C23)CCC4[Si](C)(C)N(C2CCCCC2)C(C)(C)C)cc1. The lowest BCUT2D eigenvalue weighted by Gasteiger charge is -2.55. The molecule has 6 rings (SSSR count). The Morgan fingerprint density at radius 3 is 2.07 bits per heavy atom. The molecule has 43 heavy (non-hydrogen) atoms. The van der Waals surface area contributed by atoms with Gasteiger partial charge in [-0.1, -0.05) is 104 Å². The largest absolute Gasteiger partial charge is 0.457 e. The lowest BCUT2D eigenvalue weighted by atomic mass is 9.76. The molecule has 0 amide bonds. The summed E-state index contributed by atoms with van der Waals surface area (Å²) in [6.07, 6.45) is 15.2. The Balaban J connectivity index is 1.29. The smallest absolute Gasteiger partial charge is 0.127 e. The maximum absolute atomic E-state index is 6.43. The second-order valence-electron chi connectivity index (χ2n) is 17.3. The summed E-state index contributed by atoms with van der Waals surface area (Å²) in [4.78, 5) is 0. The second-order valence-corrected chi connectivity index (χ2v) is 21.8. The van der Waals surface area contributed by atoms with Crippen molar-refractivity contribution in [3.8, 4) is 11.5 Å². The first-order chi connectivity index (χ1) is 20.1. The van der Waals surface area contributed by atoms with E-state index in [1.165, 1.54) is 67.2 Å². The van der Waals surface area contributed by atoms with E-state index in [2.05, 4.69) is 128 Å². The van der Waals surface area contributed by atoms with Crippen molar-refractivity contribution in [2.75, 3.05) is 0 Å². The van der Waals surface area contributed by atoms with E-state index in [1.54, 1.807) is 5.57 Å². The van der Waals surface area contributed by atoms with Crippen LogP contribution in [0.1, 0.15) is 117 Å². The van der Waals surface area contributed by atoms with E-state index in [0.717, 1.165) is 23.1 Å². The van der Waals surface area contributed by atoms with Crippen LogP contribution in [0.15, 0.2) is 60.2 Å². The molecule has 0 bridgehead atoms. The van der Waals surface area contributed by atoms with Crippen molar-refractivity contribution < 1.29 is 4.74 Å². The van der Waals surface area contributed by atoms with Crippen molar-refractivity contribution >= 4 is 13.8 Å². The van der Waals surface area contributed by atoms with Gasteiger partial charge in [-0.25, -0.2) is 0 Å². The van der Waals surface area contributed by atoms with E-state index in [4.69, 9.17) is 4.74 Å². The Labute approximate surface area is 264 Å². The Kier molecular flexibility index (Phi) is 7.73. The molecule has 4 aliphatic carbocycles.